The highest BCUT2D eigenvalue weighted by Gasteiger charge is 2.31. The van der Waals surface area contributed by atoms with Crippen molar-refractivity contribution < 1.29 is 36.2 Å². The molecule has 1 aliphatic carbocycles. The molecule has 1 unspecified atom stereocenters. The molecule has 0 heterocycles. The Morgan fingerprint density at radius 1 is 1.29 bits per heavy atom. The normalized spacial score (nSPS) is 16.7. The standard InChI is InChI=1S/C18H24F3NO5S/c19-18(20,21)13-4-3-5-15(10-13)27-12-14(23)11-22-17(24)8-9-28(25,26)16-6-1-2-7-16/h3-5,10,14,16,23H,1-2,6-9,11-12H2,(H,22,24). The number of carbonyl (C=O) groups excluding carboxylic acids is 1. The second-order valence-corrected chi connectivity index (χ2v) is 9.22. The van der Waals surface area contributed by atoms with Crippen LogP contribution in [0.15, 0.2) is 24.3 Å². The molecule has 1 fully saturated rings. The van der Waals surface area contributed by atoms with Gasteiger partial charge in [-0.1, -0.05) is 18.9 Å². The van der Waals surface area contributed by atoms with Crippen LogP contribution in [0.1, 0.15) is 37.7 Å². The van der Waals surface area contributed by atoms with E-state index in [2.05, 4.69) is 5.32 Å². The van der Waals surface area contributed by atoms with Crippen LogP contribution in [0.2, 0.25) is 0 Å². The summed E-state index contributed by atoms with van der Waals surface area (Å²) in [6.45, 7) is -0.511. The van der Waals surface area contributed by atoms with Crippen LogP contribution in [0.25, 0.3) is 0 Å². The summed E-state index contributed by atoms with van der Waals surface area (Å²) in [6.07, 6.45) is -2.80. The molecule has 28 heavy (non-hydrogen) atoms. The van der Waals surface area contributed by atoms with Crippen LogP contribution < -0.4 is 10.1 Å². The zero-order valence-electron chi connectivity index (χ0n) is 15.2. The van der Waals surface area contributed by atoms with Crippen LogP contribution in [0.5, 0.6) is 5.75 Å². The SMILES string of the molecule is O=C(CCS(=O)(=O)C1CCCC1)NCC(O)COc1cccc(C(F)(F)F)c1. The molecule has 1 saturated carbocycles. The van der Waals surface area contributed by atoms with Gasteiger partial charge in [-0.2, -0.15) is 13.2 Å². The maximum absolute atomic E-state index is 12.6. The fraction of sp³-hybridized carbons (Fsp3) is 0.611. The highest BCUT2D eigenvalue weighted by Crippen LogP contribution is 2.31. The van der Waals surface area contributed by atoms with E-state index in [0.717, 1.165) is 25.0 Å². The van der Waals surface area contributed by atoms with Gasteiger partial charge in [0.15, 0.2) is 9.84 Å². The van der Waals surface area contributed by atoms with E-state index in [1.165, 1.54) is 12.1 Å². The monoisotopic (exact) mass is 423 g/mol. The Hall–Kier alpha value is -1.81. The van der Waals surface area contributed by atoms with Crippen molar-refractivity contribution in [3.63, 3.8) is 0 Å². The molecule has 0 aromatic heterocycles. The molecule has 1 aromatic rings. The van der Waals surface area contributed by atoms with Crippen molar-refractivity contribution in [2.24, 2.45) is 0 Å². The minimum Gasteiger partial charge on any atom is -0.491 e. The number of aliphatic hydroxyl groups excluding tert-OH is 1. The van der Waals surface area contributed by atoms with Crippen LogP contribution in [-0.4, -0.2) is 49.7 Å². The molecule has 10 heteroatoms. The molecule has 1 aromatic carbocycles. The van der Waals surface area contributed by atoms with Crippen molar-refractivity contribution in [1.29, 1.82) is 0 Å². The van der Waals surface area contributed by atoms with Crippen LogP contribution in [0.3, 0.4) is 0 Å². The average Bonchev–Trinajstić information content (AvgIpc) is 3.18. The van der Waals surface area contributed by atoms with Crippen molar-refractivity contribution >= 4 is 15.7 Å². The Morgan fingerprint density at radius 3 is 2.61 bits per heavy atom. The number of ether oxygens (including phenoxy) is 1. The molecule has 0 saturated heterocycles. The van der Waals surface area contributed by atoms with Gasteiger partial charge in [0.25, 0.3) is 0 Å². The van der Waals surface area contributed by atoms with E-state index >= 15 is 0 Å². The fourth-order valence-electron chi connectivity index (χ4n) is 2.98. The lowest BCUT2D eigenvalue weighted by Gasteiger charge is -2.15. The maximum atomic E-state index is 12.6. The maximum Gasteiger partial charge on any atom is 0.416 e. The van der Waals surface area contributed by atoms with Gasteiger partial charge in [-0.15, -0.1) is 0 Å². The number of benzene rings is 1. The predicted octanol–water partition coefficient (Wildman–Crippen LogP) is 2.31. The number of nitrogens with one attached hydrogen (secondary N) is 1. The first-order valence-corrected chi connectivity index (χ1v) is 10.8. The third-order valence-corrected chi connectivity index (χ3v) is 6.82. The Morgan fingerprint density at radius 2 is 1.96 bits per heavy atom. The summed E-state index contributed by atoms with van der Waals surface area (Å²) in [7, 11) is -3.30. The van der Waals surface area contributed by atoms with Crippen LogP contribution in [0, 0.1) is 0 Å². The van der Waals surface area contributed by atoms with Gasteiger partial charge in [0.1, 0.15) is 18.5 Å². The first kappa shape index (κ1) is 22.5. The number of carbonyl (C=O) groups is 1. The molecule has 0 aliphatic heterocycles. The van der Waals surface area contributed by atoms with Gasteiger partial charge in [-0.25, -0.2) is 8.42 Å². The molecule has 0 spiro atoms. The van der Waals surface area contributed by atoms with E-state index in [4.69, 9.17) is 4.74 Å². The molecular weight excluding hydrogens is 399 g/mol. The van der Waals surface area contributed by atoms with E-state index in [9.17, 15) is 31.5 Å². The molecule has 1 amide bonds. The van der Waals surface area contributed by atoms with Crippen molar-refractivity contribution in [2.75, 3.05) is 18.9 Å². The smallest absolute Gasteiger partial charge is 0.416 e. The zero-order chi connectivity index (χ0) is 20.8. The number of hydrogen-bond acceptors (Lipinski definition) is 5. The van der Waals surface area contributed by atoms with Gasteiger partial charge >= 0.3 is 6.18 Å². The van der Waals surface area contributed by atoms with Crippen molar-refractivity contribution in [3.8, 4) is 5.75 Å². The van der Waals surface area contributed by atoms with E-state index in [1.54, 1.807) is 0 Å². The molecular formula is C18H24F3NO5S. The highest BCUT2D eigenvalue weighted by atomic mass is 32.2. The van der Waals surface area contributed by atoms with Crippen LogP contribution >= 0.6 is 0 Å². The summed E-state index contributed by atoms with van der Waals surface area (Å²) >= 11 is 0. The Labute approximate surface area is 162 Å². The lowest BCUT2D eigenvalue weighted by Crippen LogP contribution is -2.36. The largest absolute Gasteiger partial charge is 0.491 e. The summed E-state index contributed by atoms with van der Waals surface area (Å²) in [4.78, 5) is 11.8. The van der Waals surface area contributed by atoms with Gasteiger partial charge in [0.05, 0.1) is 16.6 Å². The number of sulfone groups is 1. The van der Waals surface area contributed by atoms with Gasteiger partial charge in [0, 0.05) is 13.0 Å². The molecule has 2 N–H and O–H groups in total. The third-order valence-electron chi connectivity index (χ3n) is 4.56. The number of rotatable bonds is 9. The molecule has 0 radical (unpaired) electrons. The predicted molar refractivity (Wildman–Crippen MR) is 96.6 cm³/mol. The van der Waals surface area contributed by atoms with Crippen molar-refractivity contribution in [3.05, 3.63) is 29.8 Å². The van der Waals surface area contributed by atoms with E-state index < -0.39 is 33.6 Å². The van der Waals surface area contributed by atoms with E-state index in [0.29, 0.717) is 12.8 Å². The molecule has 1 aliphatic rings. The molecule has 2 rings (SSSR count). The number of amides is 1. The van der Waals surface area contributed by atoms with E-state index in [-0.39, 0.29) is 36.3 Å². The first-order valence-electron chi connectivity index (χ1n) is 9.04. The third kappa shape index (κ3) is 6.97. The quantitative estimate of drug-likeness (QED) is 0.636. The lowest BCUT2D eigenvalue weighted by molar-refractivity contribution is -0.137. The second-order valence-electron chi connectivity index (χ2n) is 6.82. The number of halogens is 3. The van der Waals surface area contributed by atoms with Gasteiger partial charge in [-0.05, 0) is 31.0 Å². The summed E-state index contributed by atoms with van der Waals surface area (Å²) < 4.78 is 67.2. The minimum absolute atomic E-state index is 0.0529. The molecule has 1 atom stereocenters. The summed E-state index contributed by atoms with van der Waals surface area (Å²) in [5.74, 6) is -0.803. The topological polar surface area (TPSA) is 92.7 Å². The zero-order valence-corrected chi connectivity index (χ0v) is 16.1. The van der Waals surface area contributed by atoms with Gasteiger partial charge in [-0.3, -0.25) is 4.79 Å². The van der Waals surface area contributed by atoms with Crippen LogP contribution in [0.4, 0.5) is 13.2 Å². The van der Waals surface area contributed by atoms with Crippen molar-refractivity contribution in [1.82, 2.24) is 5.32 Å². The second kappa shape index (κ2) is 9.60. The fourth-order valence-corrected chi connectivity index (χ4v) is 4.84. The summed E-state index contributed by atoms with van der Waals surface area (Å²) in [6, 6.07) is 4.24. The lowest BCUT2D eigenvalue weighted by atomic mass is 10.2. The Balaban J connectivity index is 1.70. The highest BCUT2D eigenvalue weighted by molar-refractivity contribution is 7.92. The molecule has 158 valence electrons. The number of hydrogen-bond donors (Lipinski definition) is 2. The number of aliphatic hydroxyl groups is 1. The van der Waals surface area contributed by atoms with E-state index in [1.807, 2.05) is 0 Å². The first-order chi connectivity index (χ1) is 13.1. The van der Waals surface area contributed by atoms with Crippen molar-refractivity contribution in [2.45, 2.75) is 49.6 Å². The summed E-state index contributed by atoms with van der Waals surface area (Å²) in [5.41, 5.74) is -0.865. The van der Waals surface area contributed by atoms with Crippen LogP contribution in [-0.2, 0) is 20.8 Å². The molecule has 0 bridgehead atoms. The average molecular weight is 423 g/mol. The Kier molecular flexibility index (Phi) is 7.70. The number of alkyl halides is 3. The molecule has 6 nitrogen and oxygen atoms in total. The summed E-state index contributed by atoms with van der Waals surface area (Å²) in [5, 5.41) is 11.8. The Bertz CT molecular complexity index is 761. The van der Waals surface area contributed by atoms with Gasteiger partial charge in [0.2, 0.25) is 5.91 Å². The van der Waals surface area contributed by atoms with Gasteiger partial charge < -0.3 is 15.2 Å². The minimum atomic E-state index is -4.50.